The zero-order valence-corrected chi connectivity index (χ0v) is 9.52. The van der Waals surface area contributed by atoms with Gasteiger partial charge in [0.2, 0.25) is 6.04 Å². The molecular weight excluding hydrogens is 212 g/mol. The van der Waals surface area contributed by atoms with Crippen molar-refractivity contribution < 1.29 is 20.2 Å². The predicted octanol–water partition coefficient (Wildman–Crippen LogP) is -0.468. The van der Waals surface area contributed by atoms with Gasteiger partial charge in [0, 0.05) is 12.8 Å². The summed E-state index contributed by atoms with van der Waals surface area (Å²) in [7, 11) is 0. The molecule has 0 aromatic carbocycles. The van der Waals surface area contributed by atoms with Crippen molar-refractivity contribution in [1.82, 2.24) is 5.06 Å². The van der Waals surface area contributed by atoms with Crippen molar-refractivity contribution in [3.63, 3.8) is 0 Å². The number of hydroxylamine groups is 4. The van der Waals surface area contributed by atoms with Gasteiger partial charge in [-0.25, -0.2) is 4.79 Å². The number of nitrogens with zero attached hydrogens (tertiary/aromatic N) is 1. The van der Waals surface area contributed by atoms with Crippen LogP contribution in [0.15, 0.2) is 0 Å². The minimum atomic E-state index is -1.19. The van der Waals surface area contributed by atoms with E-state index in [1.165, 1.54) is 0 Å². The largest absolute Gasteiger partial charge is 0.632 e. The second kappa shape index (κ2) is 3.40. The lowest BCUT2D eigenvalue weighted by Crippen LogP contribution is -3.19. The number of carbonyl (C=O) groups is 1. The van der Waals surface area contributed by atoms with E-state index in [1.54, 1.807) is 13.8 Å². The third-order valence-electron chi connectivity index (χ3n) is 4.02. The summed E-state index contributed by atoms with van der Waals surface area (Å²) in [5, 5.41) is 33.8. The fourth-order valence-corrected chi connectivity index (χ4v) is 3.18. The minimum absolute atomic E-state index is 0.391. The lowest BCUT2D eigenvalue weighted by atomic mass is 9.96. The predicted molar refractivity (Wildman–Crippen MR) is 53.6 cm³/mol. The van der Waals surface area contributed by atoms with Gasteiger partial charge in [-0.05, 0) is 26.7 Å². The van der Waals surface area contributed by atoms with Crippen molar-refractivity contribution >= 4 is 5.97 Å². The van der Waals surface area contributed by atoms with E-state index >= 15 is 0 Å². The third-order valence-corrected chi connectivity index (χ3v) is 4.02. The van der Waals surface area contributed by atoms with Crippen LogP contribution in [0.5, 0.6) is 0 Å². The number of hydrogen-bond acceptors (Lipinski definition) is 3. The molecule has 6 nitrogen and oxygen atoms in total. The fraction of sp³-hybridized carbons (Fsp3) is 0.900. The first kappa shape index (κ1) is 11.8. The van der Waals surface area contributed by atoms with Crippen LogP contribution in [0.25, 0.3) is 0 Å². The Balaban J connectivity index is 2.42. The Morgan fingerprint density at radius 3 is 2.31 bits per heavy atom. The van der Waals surface area contributed by atoms with Crippen molar-refractivity contribution in [1.29, 1.82) is 0 Å². The monoisotopic (exact) mass is 229 g/mol. The molecule has 1 saturated heterocycles. The van der Waals surface area contributed by atoms with E-state index < -0.39 is 28.3 Å². The molecule has 1 heterocycles. The Hall–Kier alpha value is -0.690. The van der Waals surface area contributed by atoms with E-state index in [4.69, 9.17) is 5.11 Å². The third kappa shape index (κ3) is 1.24. The maximum absolute atomic E-state index is 12.2. The summed E-state index contributed by atoms with van der Waals surface area (Å²) >= 11 is 0. The van der Waals surface area contributed by atoms with Gasteiger partial charge in [-0.2, -0.15) is 0 Å². The molecule has 1 spiro atoms. The highest BCUT2D eigenvalue weighted by molar-refractivity contribution is 5.74. The Morgan fingerprint density at radius 1 is 1.44 bits per heavy atom. The fourth-order valence-electron chi connectivity index (χ4n) is 3.18. The summed E-state index contributed by atoms with van der Waals surface area (Å²) in [6.45, 7) is 3.09. The molecule has 2 unspecified atom stereocenters. The number of rotatable bonds is 1. The molecule has 0 bridgehead atoms. The number of hydrogen-bond donors (Lipinski definition) is 2. The minimum Gasteiger partial charge on any atom is -0.632 e. The summed E-state index contributed by atoms with van der Waals surface area (Å²) < 4.78 is 0. The quantitative estimate of drug-likeness (QED) is 0.595. The highest BCUT2D eigenvalue weighted by Crippen LogP contribution is 2.39. The lowest BCUT2D eigenvalue weighted by Gasteiger charge is -2.36. The number of quaternary nitrogens is 1. The first-order valence-corrected chi connectivity index (χ1v) is 5.58. The molecule has 2 atom stereocenters. The van der Waals surface area contributed by atoms with Gasteiger partial charge >= 0.3 is 5.97 Å². The topological polar surface area (TPSA) is 87.9 Å². The van der Waals surface area contributed by atoms with E-state index in [9.17, 15) is 15.2 Å². The van der Waals surface area contributed by atoms with E-state index in [2.05, 4.69) is 0 Å². The molecule has 2 N–H and O–H groups in total. The molecule has 0 aromatic heterocycles. The van der Waals surface area contributed by atoms with Crippen LogP contribution in [0.1, 0.15) is 39.5 Å². The molecule has 16 heavy (non-hydrogen) atoms. The van der Waals surface area contributed by atoms with Gasteiger partial charge in [-0.3, -0.25) is 0 Å². The summed E-state index contributed by atoms with van der Waals surface area (Å²) in [6.07, 6.45) is 2.66. The summed E-state index contributed by atoms with van der Waals surface area (Å²) in [5.74, 6) is -1.18. The van der Waals surface area contributed by atoms with Gasteiger partial charge < -0.3 is 15.4 Å². The smallest absolute Gasteiger partial charge is 0.364 e. The van der Waals surface area contributed by atoms with Crippen molar-refractivity contribution in [2.24, 2.45) is 0 Å². The maximum Gasteiger partial charge on any atom is 0.364 e. The Bertz CT molecular complexity index is 312. The number of aliphatic carboxylic acids is 1. The molecule has 1 saturated carbocycles. The maximum atomic E-state index is 12.2. The van der Waals surface area contributed by atoms with Crippen molar-refractivity contribution in [2.45, 2.75) is 56.8 Å². The van der Waals surface area contributed by atoms with Crippen LogP contribution in [-0.4, -0.2) is 33.4 Å². The van der Waals surface area contributed by atoms with Crippen LogP contribution in [0.3, 0.4) is 0 Å². The molecule has 1 aliphatic carbocycles. The molecule has 2 fully saturated rings. The number of carboxylic acids is 1. The van der Waals surface area contributed by atoms with Crippen LogP contribution in [0, 0.1) is 5.21 Å². The van der Waals surface area contributed by atoms with Gasteiger partial charge in [-0.15, -0.1) is 5.21 Å². The van der Waals surface area contributed by atoms with Crippen molar-refractivity contribution in [3.05, 3.63) is 5.21 Å². The standard InChI is InChI=1S/C10H17N2O4/c1-9(2)7(8(13)14)11(15)10(12(9)16)5-3-4-6-10/h7,11H,3-6H2,1-2H3,(H,13,14). The molecule has 2 aliphatic rings. The Labute approximate surface area is 94.0 Å². The average molecular weight is 229 g/mol. The average Bonchev–Trinajstić information content (AvgIpc) is 2.69. The highest BCUT2D eigenvalue weighted by atomic mass is 16.6. The molecule has 0 aromatic rings. The van der Waals surface area contributed by atoms with Gasteiger partial charge in [0.1, 0.15) is 5.54 Å². The number of nitrogens with one attached hydrogen (secondary N) is 1. The zero-order chi connectivity index (χ0) is 12.1. The van der Waals surface area contributed by atoms with Crippen LogP contribution >= 0.6 is 0 Å². The van der Waals surface area contributed by atoms with Gasteiger partial charge in [0.05, 0.1) is 0 Å². The second-order valence-electron chi connectivity index (χ2n) is 5.32. The molecule has 1 aliphatic heterocycles. The van der Waals surface area contributed by atoms with Gasteiger partial charge in [0.15, 0.2) is 5.66 Å². The highest BCUT2D eigenvalue weighted by Gasteiger charge is 2.66. The van der Waals surface area contributed by atoms with Crippen LogP contribution < -0.4 is 5.06 Å². The molecule has 6 heteroatoms. The molecule has 91 valence electrons. The number of carboxylic acid groups (broad SMARTS) is 1. The Morgan fingerprint density at radius 2 is 1.94 bits per heavy atom. The summed E-state index contributed by atoms with van der Waals surface area (Å²) in [5.41, 5.74) is -2.18. The summed E-state index contributed by atoms with van der Waals surface area (Å²) in [4.78, 5) is 11.1. The molecule has 1 radical (unpaired) electrons. The SMILES string of the molecule is CC1(C)C(C(=O)O)[NH+]([O-])C2(CCCC2)N1[O]. The van der Waals surface area contributed by atoms with Crippen molar-refractivity contribution in [2.75, 3.05) is 0 Å². The first-order valence-electron chi connectivity index (χ1n) is 5.58. The zero-order valence-electron chi connectivity index (χ0n) is 9.52. The van der Waals surface area contributed by atoms with Gasteiger partial charge in [-0.1, -0.05) is 5.06 Å². The van der Waals surface area contributed by atoms with E-state index in [-0.39, 0.29) is 0 Å². The van der Waals surface area contributed by atoms with Crippen LogP contribution in [-0.2, 0) is 10.0 Å². The van der Waals surface area contributed by atoms with E-state index in [0.717, 1.165) is 17.9 Å². The Kier molecular flexibility index (Phi) is 2.50. The van der Waals surface area contributed by atoms with Crippen LogP contribution in [0.2, 0.25) is 0 Å². The normalized spacial score (nSPS) is 37.0. The van der Waals surface area contributed by atoms with E-state index in [1.807, 2.05) is 0 Å². The molecule has 0 amide bonds. The molecule has 2 rings (SSSR count). The summed E-state index contributed by atoms with van der Waals surface area (Å²) in [6, 6.07) is -1.19. The van der Waals surface area contributed by atoms with Crippen LogP contribution in [0.4, 0.5) is 0 Å². The first-order chi connectivity index (χ1) is 7.34. The van der Waals surface area contributed by atoms with Crippen molar-refractivity contribution in [3.8, 4) is 0 Å². The molecular formula is C10H17N2O4. The second-order valence-corrected chi connectivity index (χ2v) is 5.32. The van der Waals surface area contributed by atoms with E-state index in [0.29, 0.717) is 12.8 Å². The van der Waals surface area contributed by atoms with Gasteiger partial charge in [0.25, 0.3) is 0 Å². The lowest BCUT2D eigenvalue weighted by molar-refractivity contribution is -0.919.